The van der Waals surface area contributed by atoms with E-state index < -0.39 is 47.9 Å². The quantitative estimate of drug-likeness (QED) is 0.205. The molecule has 8 N–H and O–H groups in total. The minimum absolute atomic E-state index is 0.274. The first-order chi connectivity index (χ1) is 14.0. The molecular weight excluding hydrogens is 390 g/mol. The van der Waals surface area contributed by atoms with Crippen molar-refractivity contribution >= 4 is 23.7 Å². The Morgan fingerprint density at radius 3 is 1.87 bits per heavy atom. The minimum Gasteiger partial charge on any atom is -0.480 e. The number of amides is 3. The van der Waals surface area contributed by atoms with Crippen molar-refractivity contribution in [2.45, 2.75) is 84.5 Å². The number of rotatable bonds is 14. The fourth-order valence-electron chi connectivity index (χ4n) is 2.78. The van der Waals surface area contributed by atoms with Gasteiger partial charge in [-0.3, -0.25) is 14.4 Å². The summed E-state index contributed by atoms with van der Waals surface area (Å²) in [6.45, 7) is 9.02. The summed E-state index contributed by atoms with van der Waals surface area (Å²) in [7, 11) is 0. The van der Waals surface area contributed by atoms with Crippen molar-refractivity contribution in [1.82, 2.24) is 16.0 Å². The van der Waals surface area contributed by atoms with Crippen molar-refractivity contribution < 1.29 is 24.3 Å². The molecule has 0 bridgehead atoms. The van der Waals surface area contributed by atoms with E-state index in [-0.39, 0.29) is 11.8 Å². The van der Waals surface area contributed by atoms with Crippen molar-refractivity contribution in [3.8, 4) is 0 Å². The van der Waals surface area contributed by atoms with Gasteiger partial charge in [-0.25, -0.2) is 4.79 Å². The zero-order valence-electron chi connectivity index (χ0n) is 18.7. The molecule has 0 aromatic heterocycles. The van der Waals surface area contributed by atoms with Crippen LogP contribution >= 0.6 is 0 Å². The Morgan fingerprint density at radius 2 is 1.43 bits per heavy atom. The van der Waals surface area contributed by atoms with E-state index in [1.165, 1.54) is 6.92 Å². The third-order valence-corrected chi connectivity index (χ3v) is 5.02. The van der Waals surface area contributed by atoms with E-state index in [2.05, 4.69) is 16.0 Å². The summed E-state index contributed by atoms with van der Waals surface area (Å²) < 4.78 is 0. The molecule has 30 heavy (non-hydrogen) atoms. The Bertz CT molecular complexity index is 582. The molecular formula is C20H39N5O5. The molecule has 0 aliphatic heterocycles. The first-order valence-corrected chi connectivity index (χ1v) is 10.6. The second-order valence-corrected chi connectivity index (χ2v) is 8.07. The highest BCUT2D eigenvalue weighted by molar-refractivity contribution is 5.94. The van der Waals surface area contributed by atoms with Gasteiger partial charge in [0.2, 0.25) is 17.7 Å². The van der Waals surface area contributed by atoms with E-state index >= 15 is 0 Å². The Morgan fingerprint density at radius 1 is 0.867 bits per heavy atom. The topological polar surface area (TPSA) is 177 Å². The molecule has 0 aliphatic carbocycles. The third kappa shape index (κ3) is 9.53. The molecule has 0 spiro atoms. The number of hydrogen-bond donors (Lipinski definition) is 6. The highest BCUT2D eigenvalue weighted by atomic mass is 16.4. The molecule has 0 aromatic carbocycles. The second kappa shape index (κ2) is 13.9. The number of carboxylic acids is 1. The van der Waals surface area contributed by atoms with Crippen LogP contribution in [0.4, 0.5) is 0 Å². The maximum atomic E-state index is 12.8. The molecule has 3 amide bonds. The molecule has 174 valence electrons. The predicted octanol–water partition coefficient (Wildman–Crippen LogP) is -0.296. The molecule has 0 saturated carbocycles. The maximum Gasteiger partial charge on any atom is 0.326 e. The normalized spacial score (nSPS) is 16.1. The highest BCUT2D eigenvalue weighted by Gasteiger charge is 2.32. The van der Waals surface area contributed by atoms with Crippen molar-refractivity contribution in [3.63, 3.8) is 0 Å². The van der Waals surface area contributed by atoms with Crippen molar-refractivity contribution in [2.24, 2.45) is 23.3 Å². The van der Waals surface area contributed by atoms with E-state index in [0.717, 1.165) is 0 Å². The van der Waals surface area contributed by atoms with Crippen LogP contribution in [0.2, 0.25) is 0 Å². The third-order valence-electron chi connectivity index (χ3n) is 5.02. The van der Waals surface area contributed by atoms with E-state index in [9.17, 15) is 24.3 Å². The van der Waals surface area contributed by atoms with Crippen LogP contribution in [0.3, 0.4) is 0 Å². The van der Waals surface area contributed by atoms with Crippen LogP contribution in [0.25, 0.3) is 0 Å². The summed E-state index contributed by atoms with van der Waals surface area (Å²) in [4.78, 5) is 49.1. The lowest BCUT2D eigenvalue weighted by molar-refractivity contribution is -0.144. The van der Waals surface area contributed by atoms with Gasteiger partial charge in [-0.1, -0.05) is 34.1 Å². The van der Waals surface area contributed by atoms with Gasteiger partial charge in [0.15, 0.2) is 0 Å². The lowest BCUT2D eigenvalue weighted by atomic mass is 9.97. The number of unbranched alkanes of at least 4 members (excludes halogenated alkanes) is 1. The van der Waals surface area contributed by atoms with Gasteiger partial charge in [-0.05, 0) is 44.6 Å². The van der Waals surface area contributed by atoms with Crippen molar-refractivity contribution in [3.05, 3.63) is 0 Å². The molecule has 10 heteroatoms. The highest BCUT2D eigenvalue weighted by Crippen LogP contribution is 2.11. The van der Waals surface area contributed by atoms with Gasteiger partial charge in [-0.2, -0.15) is 0 Å². The summed E-state index contributed by atoms with van der Waals surface area (Å²) in [5.74, 6) is -3.28. The van der Waals surface area contributed by atoms with Gasteiger partial charge in [0.1, 0.15) is 18.1 Å². The number of nitrogens with one attached hydrogen (secondary N) is 3. The van der Waals surface area contributed by atoms with Gasteiger partial charge in [0.05, 0.1) is 6.04 Å². The average Bonchev–Trinajstić information content (AvgIpc) is 2.67. The van der Waals surface area contributed by atoms with Gasteiger partial charge in [0.25, 0.3) is 0 Å². The van der Waals surface area contributed by atoms with Gasteiger partial charge in [-0.15, -0.1) is 0 Å². The maximum absolute atomic E-state index is 12.8. The van der Waals surface area contributed by atoms with Crippen molar-refractivity contribution in [1.29, 1.82) is 0 Å². The number of carbonyl (C=O) groups is 4. The van der Waals surface area contributed by atoms with Gasteiger partial charge < -0.3 is 32.5 Å². The molecule has 10 nitrogen and oxygen atoms in total. The molecule has 0 saturated heterocycles. The molecule has 0 rings (SSSR count). The predicted molar refractivity (Wildman–Crippen MR) is 114 cm³/mol. The summed E-state index contributed by atoms with van der Waals surface area (Å²) in [6.07, 6.45) is 2.21. The van der Waals surface area contributed by atoms with Crippen LogP contribution < -0.4 is 27.4 Å². The lowest BCUT2D eigenvalue weighted by Crippen LogP contribution is -2.58. The smallest absolute Gasteiger partial charge is 0.326 e. The standard InChI is InChI=1S/C20H39N5O5/c1-6-12(4)16(20(29)30)25-19(28)15(11(2)3)24-18(27)14(9-7-8-10-21)23-17(26)13(5)22/h11-16H,6-10,21-22H2,1-5H3,(H,23,26)(H,24,27)(H,25,28)(H,29,30). The average molecular weight is 430 g/mol. The second-order valence-electron chi connectivity index (χ2n) is 8.07. The van der Waals surface area contributed by atoms with Crippen LogP contribution in [0.1, 0.15) is 60.3 Å². The Labute approximate surface area is 178 Å². The number of hydrogen-bond acceptors (Lipinski definition) is 6. The monoisotopic (exact) mass is 429 g/mol. The fourth-order valence-corrected chi connectivity index (χ4v) is 2.78. The SMILES string of the molecule is CCC(C)C(NC(=O)C(NC(=O)C(CCCCN)NC(=O)C(C)N)C(C)C)C(=O)O. The molecule has 0 aromatic rings. The summed E-state index contributed by atoms with van der Waals surface area (Å²) in [5, 5.41) is 17.2. The van der Waals surface area contributed by atoms with E-state index in [4.69, 9.17) is 11.5 Å². The zero-order chi connectivity index (χ0) is 23.4. The van der Waals surface area contributed by atoms with Crippen LogP contribution in [0.5, 0.6) is 0 Å². The molecule has 0 aliphatic rings. The summed E-state index contributed by atoms with van der Waals surface area (Å²) in [5.41, 5.74) is 11.1. The summed E-state index contributed by atoms with van der Waals surface area (Å²) >= 11 is 0. The fraction of sp³-hybridized carbons (Fsp3) is 0.800. The molecule has 0 heterocycles. The molecule has 5 atom stereocenters. The van der Waals surface area contributed by atoms with Crippen molar-refractivity contribution in [2.75, 3.05) is 6.54 Å². The zero-order valence-corrected chi connectivity index (χ0v) is 18.7. The van der Waals surface area contributed by atoms with Crippen LogP contribution in [-0.4, -0.2) is 59.5 Å². The molecule has 0 radical (unpaired) electrons. The number of carbonyl (C=O) groups excluding carboxylic acids is 3. The Balaban J connectivity index is 5.36. The van der Waals surface area contributed by atoms with Crippen LogP contribution in [0, 0.1) is 11.8 Å². The summed E-state index contributed by atoms with van der Waals surface area (Å²) in [6, 6.07) is -3.66. The Kier molecular flexibility index (Phi) is 12.9. The molecule has 0 fully saturated rings. The van der Waals surface area contributed by atoms with E-state index in [0.29, 0.717) is 32.2 Å². The first kappa shape index (κ1) is 27.8. The number of aliphatic carboxylic acids is 1. The largest absolute Gasteiger partial charge is 0.480 e. The molecule has 5 unspecified atom stereocenters. The van der Waals surface area contributed by atoms with Crippen LogP contribution in [-0.2, 0) is 19.2 Å². The first-order valence-electron chi connectivity index (χ1n) is 10.6. The number of carboxylic acid groups (broad SMARTS) is 1. The lowest BCUT2D eigenvalue weighted by Gasteiger charge is -2.28. The van der Waals surface area contributed by atoms with E-state index in [1.807, 2.05) is 6.92 Å². The Hall–Kier alpha value is -2.20. The van der Waals surface area contributed by atoms with Gasteiger partial charge in [0, 0.05) is 0 Å². The van der Waals surface area contributed by atoms with Crippen LogP contribution in [0.15, 0.2) is 0 Å². The number of nitrogens with two attached hydrogens (primary N) is 2. The van der Waals surface area contributed by atoms with E-state index in [1.54, 1.807) is 20.8 Å². The minimum atomic E-state index is -1.13. The van der Waals surface area contributed by atoms with Gasteiger partial charge >= 0.3 is 5.97 Å².